The predicted molar refractivity (Wildman–Crippen MR) is 99.9 cm³/mol. The third-order valence-corrected chi connectivity index (χ3v) is 6.44. The first-order valence-electron chi connectivity index (χ1n) is 10.1. The molecule has 2 aliphatic heterocycles. The van der Waals surface area contributed by atoms with Crippen LogP contribution in [0.15, 0.2) is 24.3 Å². The van der Waals surface area contributed by atoms with E-state index in [-0.39, 0.29) is 17.1 Å². The van der Waals surface area contributed by atoms with Crippen molar-refractivity contribution in [3.8, 4) is 0 Å². The molecule has 3 fully saturated rings. The molecule has 1 N–H and O–H groups in total. The second-order valence-electron chi connectivity index (χ2n) is 8.15. The number of halogens is 1. The Bertz CT molecular complexity index is 642. The van der Waals surface area contributed by atoms with E-state index >= 15 is 0 Å². The van der Waals surface area contributed by atoms with Crippen LogP contribution in [0.1, 0.15) is 44.1 Å². The Morgan fingerprint density at radius 2 is 1.67 bits per heavy atom. The number of carbonyl (C=O) groups is 1. The predicted octanol–water partition coefficient (Wildman–Crippen LogP) is 2.59. The van der Waals surface area contributed by atoms with E-state index in [0.717, 1.165) is 57.2 Å². The molecule has 0 radical (unpaired) electrons. The van der Waals surface area contributed by atoms with Crippen LogP contribution in [0.2, 0.25) is 0 Å². The zero-order valence-corrected chi connectivity index (χ0v) is 15.8. The van der Waals surface area contributed by atoms with Gasteiger partial charge in [0.2, 0.25) is 5.91 Å². The molecule has 3 aliphatic rings. The summed E-state index contributed by atoms with van der Waals surface area (Å²) in [6.45, 7) is 4.02. The summed E-state index contributed by atoms with van der Waals surface area (Å²) < 4.78 is 24.8. The lowest BCUT2D eigenvalue weighted by molar-refractivity contribution is -0.185. The Morgan fingerprint density at radius 1 is 1.04 bits per heavy atom. The summed E-state index contributed by atoms with van der Waals surface area (Å²) in [4.78, 5) is 14.7. The van der Waals surface area contributed by atoms with Gasteiger partial charge in [-0.05, 0) is 30.5 Å². The molecule has 2 saturated heterocycles. The maximum Gasteiger partial charge on any atom is 0.234 e. The zero-order valence-electron chi connectivity index (χ0n) is 15.8. The van der Waals surface area contributed by atoms with Crippen molar-refractivity contribution in [2.75, 3.05) is 39.4 Å². The molecule has 1 amide bonds. The molecule has 0 bridgehead atoms. The van der Waals surface area contributed by atoms with E-state index in [9.17, 15) is 9.18 Å². The number of piperidine rings is 1. The number of benzene rings is 1. The fraction of sp³-hybridized carbons (Fsp3) is 0.667. The van der Waals surface area contributed by atoms with Crippen LogP contribution in [-0.4, -0.2) is 56.0 Å². The molecular weight excluding hydrogens is 347 g/mol. The fourth-order valence-corrected chi connectivity index (χ4v) is 4.79. The van der Waals surface area contributed by atoms with Gasteiger partial charge in [0.25, 0.3) is 0 Å². The highest BCUT2D eigenvalue weighted by atomic mass is 19.1. The summed E-state index contributed by atoms with van der Waals surface area (Å²) in [5.41, 5.74) is 1.08. The first-order valence-corrected chi connectivity index (χ1v) is 10.1. The largest absolute Gasteiger partial charge is 0.354 e. The molecule has 6 heteroatoms. The smallest absolute Gasteiger partial charge is 0.234 e. The number of hydrogen-bond donors (Lipinski definition) is 1. The molecule has 0 atom stereocenters. The van der Waals surface area contributed by atoms with E-state index in [0.29, 0.717) is 26.3 Å². The van der Waals surface area contributed by atoms with Gasteiger partial charge in [-0.1, -0.05) is 25.0 Å². The first kappa shape index (κ1) is 18.8. The van der Waals surface area contributed by atoms with Gasteiger partial charge in [-0.15, -0.1) is 0 Å². The van der Waals surface area contributed by atoms with Crippen molar-refractivity contribution < 1.29 is 18.7 Å². The van der Waals surface area contributed by atoms with Crippen molar-refractivity contribution in [1.29, 1.82) is 0 Å². The van der Waals surface area contributed by atoms with Crippen molar-refractivity contribution >= 4 is 5.91 Å². The van der Waals surface area contributed by atoms with Crippen LogP contribution in [0.4, 0.5) is 4.39 Å². The maximum absolute atomic E-state index is 13.3. The molecule has 148 valence electrons. The standard InChI is InChI=1S/C21H29FN2O3/c22-18-5-3-17(4-6-18)20(7-1-2-8-20)16-23-19(25)15-24-11-9-21(10-12-24)26-13-14-27-21/h3-6H,1-2,7-16H2,(H,23,25). The second kappa shape index (κ2) is 7.86. The average molecular weight is 376 g/mol. The van der Waals surface area contributed by atoms with Gasteiger partial charge in [0, 0.05) is 37.9 Å². The topological polar surface area (TPSA) is 50.8 Å². The van der Waals surface area contributed by atoms with Gasteiger partial charge in [-0.3, -0.25) is 9.69 Å². The van der Waals surface area contributed by atoms with E-state index in [4.69, 9.17) is 9.47 Å². The molecule has 5 nitrogen and oxygen atoms in total. The number of hydrogen-bond acceptors (Lipinski definition) is 4. The van der Waals surface area contributed by atoms with Crippen molar-refractivity contribution in [1.82, 2.24) is 10.2 Å². The van der Waals surface area contributed by atoms with Crippen LogP contribution >= 0.6 is 0 Å². The SMILES string of the molecule is O=C(CN1CCC2(CC1)OCCO2)NCC1(c2ccc(F)cc2)CCCC1. The second-order valence-corrected chi connectivity index (χ2v) is 8.15. The molecule has 1 aromatic carbocycles. The summed E-state index contributed by atoms with van der Waals surface area (Å²) in [5.74, 6) is -0.551. The van der Waals surface area contributed by atoms with Gasteiger partial charge in [0.05, 0.1) is 19.8 Å². The van der Waals surface area contributed by atoms with E-state index in [1.54, 1.807) is 0 Å². The van der Waals surface area contributed by atoms with Crippen LogP contribution in [0.5, 0.6) is 0 Å². The van der Waals surface area contributed by atoms with Gasteiger partial charge in [0.1, 0.15) is 5.82 Å². The molecule has 1 aliphatic carbocycles. The lowest BCUT2D eigenvalue weighted by Crippen LogP contribution is -2.49. The number of nitrogens with zero attached hydrogens (tertiary/aromatic N) is 1. The molecule has 1 aromatic rings. The zero-order chi connectivity index (χ0) is 18.7. The Labute approximate surface area is 160 Å². The number of carbonyl (C=O) groups excluding carboxylic acids is 1. The third kappa shape index (κ3) is 4.18. The molecule has 2 heterocycles. The van der Waals surface area contributed by atoms with Gasteiger partial charge in [-0.25, -0.2) is 4.39 Å². The quantitative estimate of drug-likeness (QED) is 0.858. The number of rotatable bonds is 5. The van der Waals surface area contributed by atoms with Gasteiger partial charge >= 0.3 is 0 Å². The van der Waals surface area contributed by atoms with E-state index in [1.165, 1.54) is 12.1 Å². The highest BCUT2D eigenvalue weighted by molar-refractivity contribution is 5.78. The Morgan fingerprint density at radius 3 is 2.30 bits per heavy atom. The minimum absolute atomic E-state index is 0.0547. The van der Waals surface area contributed by atoms with Crippen LogP contribution < -0.4 is 5.32 Å². The summed E-state index contributed by atoms with van der Waals surface area (Å²) in [6, 6.07) is 6.79. The van der Waals surface area contributed by atoms with Gasteiger partial charge < -0.3 is 14.8 Å². The van der Waals surface area contributed by atoms with Crippen molar-refractivity contribution in [3.05, 3.63) is 35.6 Å². The third-order valence-electron chi connectivity index (χ3n) is 6.44. The highest BCUT2D eigenvalue weighted by Gasteiger charge is 2.40. The number of likely N-dealkylation sites (tertiary alicyclic amines) is 1. The van der Waals surface area contributed by atoms with E-state index < -0.39 is 5.79 Å². The number of nitrogens with one attached hydrogen (secondary N) is 1. The monoisotopic (exact) mass is 376 g/mol. The fourth-order valence-electron chi connectivity index (χ4n) is 4.79. The van der Waals surface area contributed by atoms with Crippen LogP contribution in [0, 0.1) is 5.82 Å². The molecule has 0 unspecified atom stereocenters. The minimum atomic E-state index is -0.399. The van der Waals surface area contributed by atoms with Crippen molar-refractivity contribution in [2.45, 2.75) is 49.7 Å². The number of amides is 1. The molecule has 4 rings (SSSR count). The Kier molecular flexibility index (Phi) is 5.48. The molecule has 0 aromatic heterocycles. The average Bonchev–Trinajstić information content (AvgIpc) is 3.34. The molecule has 27 heavy (non-hydrogen) atoms. The normalized spacial score (nSPS) is 24.3. The van der Waals surface area contributed by atoms with E-state index in [1.807, 2.05) is 12.1 Å². The van der Waals surface area contributed by atoms with Crippen LogP contribution in [0.25, 0.3) is 0 Å². The Balaban J connectivity index is 1.29. The minimum Gasteiger partial charge on any atom is -0.354 e. The lowest BCUT2D eigenvalue weighted by Gasteiger charge is -2.37. The number of ether oxygens (including phenoxy) is 2. The summed E-state index contributed by atoms with van der Waals surface area (Å²) >= 11 is 0. The van der Waals surface area contributed by atoms with Gasteiger partial charge in [-0.2, -0.15) is 0 Å². The van der Waals surface area contributed by atoms with Crippen molar-refractivity contribution in [2.24, 2.45) is 0 Å². The molecule has 1 saturated carbocycles. The highest BCUT2D eigenvalue weighted by Crippen LogP contribution is 2.40. The Hall–Kier alpha value is -1.50. The summed E-state index contributed by atoms with van der Waals surface area (Å²) in [5, 5.41) is 3.15. The van der Waals surface area contributed by atoms with Crippen LogP contribution in [0.3, 0.4) is 0 Å². The van der Waals surface area contributed by atoms with Gasteiger partial charge in [0.15, 0.2) is 5.79 Å². The maximum atomic E-state index is 13.3. The molecular formula is C21H29FN2O3. The van der Waals surface area contributed by atoms with E-state index in [2.05, 4.69) is 10.2 Å². The molecule has 1 spiro atoms. The first-order chi connectivity index (χ1) is 13.1. The lowest BCUT2D eigenvalue weighted by atomic mass is 9.79. The van der Waals surface area contributed by atoms with Crippen molar-refractivity contribution in [3.63, 3.8) is 0 Å². The summed E-state index contributed by atoms with van der Waals surface area (Å²) in [7, 11) is 0. The van der Waals surface area contributed by atoms with Crippen LogP contribution in [-0.2, 0) is 19.7 Å². The summed E-state index contributed by atoms with van der Waals surface area (Å²) in [6.07, 6.45) is 6.03.